The summed E-state index contributed by atoms with van der Waals surface area (Å²) in [6.45, 7) is 5.38. The van der Waals surface area contributed by atoms with Gasteiger partial charge < -0.3 is 19.7 Å². The van der Waals surface area contributed by atoms with Crippen LogP contribution in [0, 0.1) is 5.41 Å². The van der Waals surface area contributed by atoms with Crippen molar-refractivity contribution >= 4 is 0 Å². The van der Waals surface area contributed by atoms with Gasteiger partial charge in [0.2, 0.25) is 0 Å². The van der Waals surface area contributed by atoms with Gasteiger partial charge in [-0.3, -0.25) is 0 Å². The molecule has 0 aromatic heterocycles. The Labute approximate surface area is 168 Å². The smallest absolute Gasteiger partial charge is 0.119 e. The van der Waals surface area contributed by atoms with Gasteiger partial charge >= 0.3 is 0 Å². The molecule has 0 aliphatic heterocycles. The maximum absolute atomic E-state index is 8.95. The van der Waals surface area contributed by atoms with E-state index >= 15 is 0 Å². The van der Waals surface area contributed by atoms with Gasteiger partial charge in [-0.15, -0.1) is 0 Å². The summed E-state index contributed by atoms with van der Waals surface area (Å²) >= 11 is 0. The maximum atomic E-state index is 8.95. The minimum atomic E-state index is -0.0134. The molecule has 0 spiro atoms. The van der Waals surface area contributed by atoms with Crippen molar-refractivity contribution in [3.63, 3.8) is 0 Å². The highest BCUT2D eigenvalue weighted by Crippen LogP contribution is 2.50. The number of hydrogen-bond acceptors (Lipinski definition) is 4. The van der Waals surface area contributed by atoms with Gasteiger partial charge in [0.1, 0.15) is 24.7 Å². The molecule has 0 unspecified atom stereocenters. The maximum Gasteiger partial charge on any atom is 0.119 e. The van der Waals surface area contributed by atoms with Crippen molar-refractivity contribution in [2.75, 3.05) is 26.4 Å². The average molecular weight is 385 g/mol. The number of hydrogen-bond donors (Lipinski definition) is 2. The van der Waals surface area contributed by atoms with Gasteiger partial charge in [-0.05, 0) is 66.5 Å². The molecule has 0 radical (unpaired) electrons. The summed E-state index contributed by atoms with van der Waals surface area (Å²) < 4.78 is 11.1. The lowest BCUT2D eigenvalue weighted by atomic mass is 9.60. The minimum absolute atomic E-state index is 0.0134. The van der Waals surface area contributed by atoms with Crippen molar-refractivity contribution in [1.29, 1.82) is 0 Å². The topological polar surface area (TPSA) is 58.9 Å². The summed E-state index contributed by atoms with van der Waals surface area (Å²) in [4.78, 5) is 0. The molecular weight excluding hydrogens is 352 g/mol. The van der Waals surface area contributed by atoms with E-state index in [1.54, 1.807) is 0 Å². The molecular formula is C24H32O4. The van der Waals surface area contributed by atoms with Crippen LogP contribution >= 0.6 is 0 Å². The van der Waals surface area contributed by atoms with Crippen molar-refractivity contribution in [3.05, 3.63) is 59.7 Å². The largest absolute Gasteiger partial charge is 0.491 e. The van der Waals surface area contributed by atoms with Crippen LogP contribution in [0.5, 0.6) is 11.5 Å². The fraction of sp³-hybridized carbons (Fsp3) is 0.500. The third kappa shape index (κ3) is 4.68. The Morgan fingerprint density at radius 3 is 1.43 bits per heavy atom. The summed E-state index contributed by atoms with van der Waals surface area (Å²) in [5, 5.41) is 17.9. The standard InChI is InChI=1S/C24H32O4/c1-23(2)11-13-24(14-12-23,19-3-7-21(8-4-19)27-17-15-25)20-5-9-22(10-6-20)28-18-16-26/h3-10,25-26H,11-18H2,1-2H3. The number of rotatable bonds is 8. The first kappa shape index (κ1) is 20.7. The molecule has 1 aliphatic rings. The molecule has 1 aliphatic carbocycles. The molecule has 4 nitrogen and oxygen atoms in total. The molecule has 2 aromatic rings. The first-order valence-corrected chi connectivity index (χ1v) is 10.2. The third-order valence-electron chi connectivity index (χ3n) is 5.99. The van der Waals surface area contributed by atoms with Crippen molar-refractivity contribution < 1.29 is 19.7 Å². The Balaban J connectivity index is 1.90. The van der Waals surface area contributed by atoms with E-state index in [1.165, 1.54) is 24.0 Å². The molecule has 4 heteroatoms. The number of aliphatic hydroxyl groups is 2. The van der Waals surface area contributed by atoms with E-state index in [4.69, 9.17) is 19.7 Å². The quantitative estimate of drug-likeness (QED) is 0.712. The van der Waals surface area contributed by atoms with Gasteiger partial charge in [0, 0.05) is 5.41 Å². The van der Waals surface area contributed by atoms with Gasteiger partial charge in [0.05, 0.1) is 13.2 Å². The van der Waals surface area contributed by atoms with Gasteiger partial charge in [0.15, 0.2) is 0 Å². The zero-order valence-corrected chi connectivity index (χ0v) is 17.0. The Morgan fingerprint density at radius 2 is 1.07 bits per heavy atom. The number of benzene rings is 2. The average Bonchev–Trinajstić information content (AvgIpc) is 2.72. The number of aliphatic hydroxyl groups excluding tert-OH is 2. The van der Waals surface area contributed by atoms with Gasteiger partial charge in [-0.25, -0.2) is 0 Å². The van der Waals surface area contributed by atoms with E-state index in [-0.39, 0.29) is 18.6 Å². The highest BCUT2D eigenvalue weighted by atomic mass is 16.5. The van der Waals surface area contributed by atoms with Crippen LogP contribution < -0.4 is 9.47 Å². The van der Waals surface area contributed by atoms with Gasteiger partial charge in [-0.1, -0.05) is 38.1 Å². The summed E-state index contributed by atoms with van der Waals surface area (Å²) in [6.07, 6.45) is 4.57. The van der Waals surface area contributed by atoms with Crippen LogP contribution in [-0.4, -0.2) is 36.6 Å². The summed E-state index contributed by atoms with van der Waals surface area (Å²) in [5.41, 5.74) is 2.98. The van der Waals surface area contributed by atoms with Crippen LogP contribution in [0.2, 0.25) is 0 Å². The van der Waals surface area contributed by atoms with E-state index in [1.807, 2.05) is 24.3 Å². The molecule has 2 N–H and O–H groups in total. The van der Waals surface area contributed by atoms with Crippen molar-refractivity contribution in [2.24, 2.45) is 5.41 Å². The Kier molecular flexibility index (Phi) is 6.63. The van der Waals surface area contributed by atoms with Crippen LogP contribution in [0.1, 0.15) is 50.7 Å². The van der Waals surface area contributed by atoms with Crippen LogP contribution in [0.25, 0.3) is 0 Å². The lowest BCUT2D eigenvalue weighted by Crippen LogP contribution is -2.35. The molecule has 3 rings (SSSR count). The zero-order chi connectivity index (χ0) is 20.0. The molecule has 0 atom stereocenters. The molecule has 28 heavy (non-hydrogen) atoms. The van der Waals surface area contributed by atoms with Crippen molar-refractivity contribution in [2.45, 2.75) is 44.9 Å². The molecule has 2 aromatic carbocycles. The lowest BCUT2D eigenvalue weighted by molar-refractivity contribution is 0.184. The first-order valence-electron chi connectivity index (χ1n) is 10.2. The Bertz CT molecular complexity index is 671. The van der Waals surface area contributed by atoms with Crippen molar-refractivity contribution in [1.82, 2.24) is 0 Å². The summed E-state index contributed by atoms with van der Waals surface area (Å²) in [7, 11) is 0. The van der Waals surface area contributed by atoms with Gasteiger partial charge in [0.25, 0.3) is 0 Å². The minimum Gasteiger partial charge on any atom is -0.491 e. The van der Waals surface area contributed by atoms with Crippen molar-refractivity contribution in [3.8, 4) is 11.5 Å². The second-order valence-electron chi connectivity index (χ2n) is 8.44. The SMILES string of the molecule is CC1(C)CCC(c2ccc(OCCO)cc2)(c2ccc(OCCO)cc2)CC1. The van der Waals surface area contributed by atoms with E-state index in [9.17, 15) is 0 Å². The molecule has 0 amide bonds. The number of ether oxygens (including phenoxy) is 2. The second kappa shape index (κ2) is 8.97. The molecule has 0 bridgehead atoms. The fourth-order valence-corrected chi connectivity index (χ4v) is 4.16. The lowest BCUT2D eigenvalue weighted by Gasteiger charge is -2.44. The van der Waals surface area contributed by atoms with Crippen LogP contribution in [-0.2, 0) is 5.41 Å². The summed E-state index contributed by atoms with van der Waals surface area (Å²) in [6, 6.07) is 16.7. The van der Waals surface area contributed by atoms with Gasteiger partial charge in [-0.2, -0.15) is 0 Å². The highest BCUT2D eigenvalue weighted by molar-refractivity contribution is 5.44. The van der Waals surface area contributed by atoms with E-state index in [0.29, 0.717) is 18.6 Å². The Hall–Kier alpha value is -2.04. The van der Waals surface area contributed by atoms with Crippen LogP contribution in [0.3, 0.4) is 0 Å². The van der Waals surface area contributed by atoms with Crippen LogP contribution in [0.15, 0.2) is 48.5 Å². The predicted octanol–water partition coefficient (Wildman–Crippen LogP) is 4.32. The molecule has 0 saturated heterocycles. The molecule has 1 fully saturated rings. The normalized spacial score (nSPS) is 17.9. The zero-order valence-electron chi connectivity index (χ0n) is 17.0. The van der Waals surface area contributed by atoms with E-state index in [2.05, 4.69) is 38.1 Å². The molecule has 0 heterocycles. The summed E-state index contributed by atoms with van der Waals surface area (Å²) in [5.74, 6) is 1.58. The van der Waals surface area contributed by atoms with E-state index < -0.39 is 0 Å². The highest BCUT2D eigenvalue weighted by Gasteiger charge is 2.40. The van der Waals surface area contributed by atoms with E-state index in [0.717, 1.165) is 24.3 Å². The second-order valence-corrected chi connectivity index (χ2v) is 8.44. The predicted molar refractivity (Wildman–Crippen MR) is 111 cm³/mol. The Morgan fingerprint density at radius 1 is 0.679 bits per heavy atom. The fourth-order valence-electron chi connectivity index (χ4n) is 4.16. The first-order chi connectivity index (χ1) is 13.5. The third-order valence-corrected chi connectivity index (χ3v) is 5.99. The monoisotopic (exact) mass is 384 g/mol. The molecule has 152 valence electrons. The van der Waals surface area contributed by atoms with Crippen LogP contribution in [0.4, 0.5) is 0 Å². The molecule has 1 saturated carbocycles.